The number of hydrogen-bond donors (Lipinski definition) is 1. The molecular formula is C15H19ClN2O. The molecule has 4 heteroatoms. The number of benzene rings is 1. The van der Waals surface area contributed by atoms with Crippen molar-refractivity contribution in [3.05, 3.63) is 34.3 Å². The van der Waals surface area contributed by atoms with E-state index in [1.165, 1.54) is 12.8 Å². The van der Waals surface area contributed by atoms with Crippen LogP contribution in [0.1, 0.15) is 30.4 Å². The summed E-state index contributed by atoms with van der Waals surface area (Å²) >= 11 is 6.09. The standard InChI is InChI=1S/C15H19ClN2O/c16-15-8-13(9-17)3-4-14(15)11-19-7-5-12-2-1-6-18-10-12/h3-4,8,12,18H,1-2,5-7,10-11H2. The van der Waals surface area contributed by atoms with Gasteiger partial charge in [0.15, 0.2) is 0 Å². The molecule has 2 rings (SSSR count). The van der Waals surface area contributed by atoms with E-state index in [2.05, 4.69) is 11.4 Å². The van der Waals surface area contributed by atoms with Gasteiger partial charge in [0, 0.05) is 11.6 Å². The largest absolute Gasteiger partial charge is 0.377 e. The molecule has 1 aromatic rings. The van der Waals surface area contributed by atoms with Crippen molar-refractivity contribution in [1.82, 2.24) is 5.32 Å². The minimum Gasteiger partial charge on any atom is -0.377 e. The molecule has 1 N–H and O–H groups in total. The van der Waals surface area contributed by atoms with Crippen LogP contribution in [0.15, 0.2) is 18.2 Å². The van der Waals surface area contributed by atoms with Gasteiger partial charge in [-0.15, -0.1) is 0 Å². The zero-order valence-corrected chi connectivity index (χ0v) is 11.7. The van der Waals surface area contributed by atoms with Crippen LogP contribution in [0.3, 0.4) is 0 Å². The molecule has 0 saturated carbocycles. The molecule has 0 spiro atoms. The second-order valence-corrected chi connectivity index (χ2v) is 5.38. The average Bonchev–Trinajstić information content (AvgIpc) is 2.46. The molecule has 0 bridgehead atoms. The van der Waals surface area contributed by atoms with E-state index in [-0.39, 0.29) is 0 Å². The third-order valence-corrected chi connectivity index (χ3v) is 3.86. The summed E-state index contributed by atoms with van der Waals surface area (Å²) in [6.45, 7) is 3.55. The molecule has 1 unspecified atom stereocenters. The fourth-order valence-corrected chi connectivity index (χ4v) is 2.57. The second-order valence-electron chi connectivity index (χ2n) is 4.97. The van der Waals surface area contributed by atoms with Crippen molar-refractivity contribution in [2.75, 3.05) is 19.7 Å². The second kappa shape index (κ2) is 7.49. The van der Waals surface area contributed by atoms with Crippen molar-refractivity contribution in [1.29, 1.82) is 5.26 Å². The summed E-state index contributed by atoms with van der Waals surface area (Å²) in [5.41, 5.74) is 1.53. The highest BCUT2D eigenvalue weighted by molar-refractivity contribution is 6.31. The Balaban J connectivity index is 1.72. The number of nitrogens with zero attached hydrogens (tertiary/aromatic N) is 1. The van der Waals surface area contributed by atoms with E-state index < -0.39 is 0 Å². The number of piperidine rings is 1. The van der Waals surface area contributed by atoms with Gasteiger partial charge in [-0.25, -0.2) is 0 Å². The monoisotopic (exact) mass is 278 g/mol. The van der Waals surface area contributed by atoms with Crippen LogP contribution in [-0.4, -0.2) is 19.7 Å². The van der Waals surface area contributed by atoms with Gasteiger partial charge in [0.2, 0.25) is 0 Å². The van der Waals surface area contributed by atoms with Gasteiger partial charge in [0.1, 0.15) is 0 Å². The Hall–Kier alpha value is -1.08. The van der Waals surface area contributed by atoms with E-state index in [4.69, 9.17) is 21.6 Å². The fourth-order valence-electron chi connectivity index (χ4n) is 2.34. The highest BCUT2D eigenvalue weighted by Crippen LogP contribution is 2.19. The van der Waals surface area contributed by atoms with Gasteiger partial charge in [-0.05, 0) is 56.0 Å². The molecule has 1 saturated heterocycles. The number of rotatable bonds is 5. The third kappa shape index (κ3) is 4.50. The normalized spacial score (nSPS) is 19.1. The van der Waals surface area contributed by atoms with Crippen molar-refractivity contribution < 1.29 is 4.74 Å². The van der Waals surface area contributed by atoms with Gasteiger partial charge in [-0.2, -0.15) is 5.26 Å². The van der Waals surface area contributed by atoms with Crippen LogP contribution in [0.2, 0.25) is 5.02 Å². The molecule has 1 aliphatic rings. The van der Waals surface area contributed by atoms with E-state index in [9.17, 15) is 0 Å². The molecule has 1 fully saturated rings. The number of ether oxygens (including phenoxy) is 1. The number of halogens is 1. The maximum Gasteiger partial charge on any atom is 0.0992 e. The maximum absolute atomic E-state index is 8.77. The molecule has 1 aromatic carbocycles. The third-order valence-electron chi connectivity index (χ3n) is 3.51. The Morgan fingerprint density at radius 2 is 2.37 bits per heavy atom. The summed E-state index contributed by atoms with van der Waals surface area (Å²) in [6, 6.07) is 7.40. The zero-order chi connectivity index (χ0) is 13.5. The maximum atomic E-state index is 8.77. The molecule has 3 nitrogen and oxygen atoms in total. The van der Waals surface area contributed by atoms with E-state index in [1.54, 1.807) is 12.1 Å². The predicted molar refractivity (Wildman–Crippen MR) is 76.0 cm³/mol. The summed E-state index contributed by atoms with van der Waals surface area (Å²) in [4.78, 5) is 0. The van der Waals surface area contributed by atoms with Gasteiger partial charge in [0.05, 0.1) is 18.2 Å². The van der Waals surface area contributed by atoms with Gasteiger partial charge < -0.3 is 10.1 Å². The molecule has 1 heterocycles. The molecule has 0 aromatic heterocycles. The lowest BCUT2D eigenvalue weighted by Crippen LogP contribution is -2.30. The van der Waals surface area contributed by atoms with Gasteiger partial charge in [-0.3, -0.25) is 0 Å². The number of hydrogen-bond acceptors (Lipinski definition) is 3. The Bertz CT molecular complexity index is 450. The summed E-state index contributed by atoms with van der Waals surface area (Å²) in [6.07, 6.45) is 3.67. The zero-order valence-electron chi connectivity index (χ0n) is 11.0. The minimum atomic E-state index is 0.519. The molecule has 0 aliphatic carbocycles. The van der Waals surface area contributed by atoms with Crippen molar-refractivity contribution in [2.45, 2.75) is 25.9 Å². The topological polar surface area (TPSA) is 45.0 Å². The highest BCUT2D eigenvalue weighted by atomic mass is 35.5. The molecule has 1 aliphatic heterocycles. The first-order valence-corrected chi connectivity index (χ1v) is 7.14. The Labute approximate surface area is 119 Å². The van der Waals surface area contributed by atoms with E-state index in [0.717, 1.165) is 37.6 Å². The quantitative estimate of drug-likeness (QED) is 0.842. The van der Waals surface area contributed by atoms with Crippen LogP contribution < -0.4 is 5.32 Å². The summed E-state index contributed by atoms with van der Waals surface area (Å²) in [7, 11) is 0. The van der Waals surface area contributed by atoms with Gasteiger partial charge >= 0.3 is 0 Å². The Kier molecular flexibility index (Phi) is 5.65. The van der Waals surface area contributed by atoms with E-state index in [1.807, 2.05) is 6.07 Å². The Morgan fingerprint density at radius 1 is 1.47 bits per heavy atom. The number of nitriles is 1. The lowest BCUT2D eigenvalue weighted by atomic mass is 9.97. The minimum absolute atomic E-state index is 0.519. The predicted octanol–water partition coefficient (Wildman–Crippen LogP) is 3.12. The molecule has 0 radical (unpaired) electrons. The summed E-state index contributed by atoms with van der Waals surface area (Å²) in [5.74, 6) is 0.741. The molecule has 1 atom stereocenters. The SMILES string of the molecule is N#Cc1ccc(COCCC2CCCNC2)c(Cl)c1. The number of nitrogens with one attached hydrogen (secondary N) is 1. The van der Waals surface area contributed by atoms with Crippen LogP contribution in [0.5, 0.6) is 0 Å². The highest BCUT2D eigenvalue weighted by Gasteiger charge is 2.12. The first-order chi connectivity index (χ1) is 9.29. The van der Waals surface area contributed by atoms with Gasteiger partial charge in [-0.1, -0.05) is 17.7 Å². The van der Waals surface area contributed by atoms with Crippen LogP contribution in [0.4, 0.5) is 0 Å². The van der Waals surface area contributed by atoms with E-state index in [0.29, 0.717) is 17.2 Å². The molecule has 102 valence electrons. The lowest BCUT2D eigenvalue weighted by Gasteiger charge is -2.22. The molecular weight excluding hydrogens is 260 g/mol. The summed E-state index contributed by atoms with van der Waals surface area (Å²) in [5, 5.41) is 12.8. The first kappa shape index (κ1) is 14.3. The van der Waals surface area contributed by atoms with Crippen molar-refractivity contribution in [3.8, 4) is 6.07 Å². The first-order valence-electron chi connectivity index (χ1n) is 6.76. The molecule has 0 amide bonds. The smallest absolute Gasteiger partial charge is 0.0992 e. The van der Waals surface area contributed by atoms with Crippen LogP contribution >= 0.6 is 11.6 Å². The Morgan fingerprint density at radius 3 is 3.05 bits per heavy atom. The van der Waals surface area contributed by atoms with E-state index >= 15 is 0 Å². The van der Waals surface area contributed by atoms with Gasteiger partial charge in [0.25, 0.3) is 0 Å². The summed E-state index contributed by atoms with van der Waals surface area (Å²) < 4.78 is 5.68. The van der Waals surface area contributed by atoms with Crippen molar-refractivity contribution in [2.24, 2.45) is 5.92 Å². The average molecular weight is 279 g/mol. The lowest BCUT2D eigenvalue weighted by molar-refractivity contribution is 0.103. The van der Waals surface area contributed by atoms with Crippen LogP contribution in [0.25, 0.3) is 0 Å². The van der Waals surface area contributed by atoms with Crippen molar-refractivity contribution >= 4 is 11.6 Å². The fraction of sp³-hybridized carbons (Fsp3) is 0.533. The van der Waals surface area contributed by atoms with Crippen LogP contribution in [-0.2, 0) is 11.3 Å². The van der Waals surface area contributed by atoms with Crippen molar-refractivity contribution in [3.63, 3.8) is 0 Å². The molecule has 19 heavy (non-hydrogen) atoms. The van der Waals surface area contributed by atoms with Crippen LogP contribution in [0, 0.1) is 17.2 Å².